The SMILES string of the molecule is [O-][Cl+3]([O-])([O-])O[O][Bi]. The zero-order chi connectivity index (χ0) is 5.91. The van der Waals surface area contributed by atoms with E-state index in [0.717, 1.165) is 0 Å². The van der Waals surface area contributed by atoms with Gasteiger partial charge < -0.3 is 0 Å². The van der Waals surface area contributed by atoms with Crippen molar-refractivity contribution in [2.45, 2.75) is 0 Å². The Labute approximate surface area is 57.0 Å². The molecule has 0 aliphatic heterocycles. The summed E-state index contributed by atoms with van der Waals surface area (Å²) in [4.78, 5) is 0. The molecule has 0 aliphatic rings. The van der Waals surface area contributed by atoms with Crippen molar-refractivity contribution in [2.24, 2.45) is 0 Å². The van der Waals surface area contributed by atoms with Gasteiger partial charge in [0.2, 0.25) is 0 Å². The predicted octanol–water partition coefficient (Wildman–Crippen LogP) is -4.08. The van der Waals surface area contributed by atoms with Crippen LogP contribution in [0, 0.1) is 10.2 Å². The molecule has 7 heteroatoms. The van der Waals surface area contributed by atoms with Crippen molar-refractivity contribution in [3.8, 4) is 0 Å². The Morgan fingerprint density at radius 2 is 1.71 bits per heavy atom. The number of halogens is 1. The normalized spacial score (nSPS) is 12.0. The van der Waals surface area contributed by atoms with Crippen molar-refractivity contribution >= 4 is 25.2 Å². The third-order valence-electron chi connectivity index (χ3n) is 0.105. The summed E-state index contributed by atoms with van der Waals surface area (Å²) in [5, 5.41) is 0. The molecule has 7 heavy (non-hydrogen) atoms. The minimum atomic E-state index is -4.38. The molecule has 0 saturated heterocycles. The van der Waals surface area contributed by atoms with E-state index in [0.29, 0.717) is 0 Å². The number of rotatable bonds is 2. The number of hydrogen-bond acceptors (Lipinski definition) is 5. The van der Waals surface area contributed by atoms with Crippen molar-refractivity contribution in [3.05, 3.63) is 0 Å². The monoisotopic (exact) mass is 324 g/mol. The molecule has 2 radical (unpaired) electrons. The summed E-state index contributed by atoms with van der Waals surface area (Å²) in [7, 11) is -4.38. The van der Waals surface area contributed by atoms with Crippen LogP contribution in [0.1, 0.15) is 0 Å². The summed E-state index contributed by atoms with van der Waals surface area (Å²) >= 11 is 0.233. The standard InChI is InChI=1S/Bi.ClHO5/c;2-1(3,4)6-5/h;5H/q+1;/p-1. The molecule has 0 bridgehead atoms. The molecule has 0 aliphatic carbocycles. The summed E-state index contributed by atoms with van der Waals surface area (Å²) in [6, 6.07) is 0. The van der Waals surface area contributed by atoms with E-state index >= 15 is 0 Å². The number of hydrogen-bond donors (Lipinski definition) is 0. The summed E-state index contributed by atoms with van der Waals surface area (Å²) in [6.07, 6.45) is 0. The first-order valence-corrected chi connectivity index (χ1v) is 3.62. The van der Waals surface area contributed by atoms with Crippen LogP contribution in [0.3, 0.4) is 0 Å². The first kappa shape index (κ1) is 7.97. The summed E-state index contributed by atoms with van der Waals surface area (Å²) < 4.78 is 34.7. The van der Waals surface area contributed by atoms with E-state index in [4.69, 9.17) is 0 Å². The maximum atomic E-state index is 9.32. The molecule has 0 amide bonds. The molecule has 0 N–H and O–H groups in total. The van der Waals surface area contributed by atoms with Crippen LogP contribution in [0.2, 0.25) is 0 Å². The van der Waals surface area contributed by atoms with Gasteiger partial charge in [0.15, 0.2) is 0 Å². The Morgan fingerprint density at radius 1 is 1.29 bits per heavy atom. The van der Waals surface area contributed by atoms with Crippen LogP contribution in [0.25, 0.3) is 0 Å². The molecule has 0 heterocycles. The van der Waals surface area contributed by atoms with Crippen molar-refractivity contribution in [3.63, 3.8) is 0 Å². The molecule has 0 saturated carbocycles. The van der Waals surface area contributed by atoms with Crippen LogP contribution in [0.4, 0.5) is 0 Å². The molecule has 0 aromatic carbocycles. The van der Waals surface area contributed by atoms with E-state index in [2.05, 4.69) is 7.40 Å². The first-order valence-electron chi connectivity index (χ1n) is 0.966. The Bertz CT molecular complexity index is 46.5. The predicted molar refractivity (Wildman–Crippen MR) is 7.92 cm³/mol. The fourth-order valence-corrected chi connectivity index (χ4v) is 0.908. The van der Waals surface area contributed by atoms with Gasteiger partial charge in [0.25, 0.3) is 0 Å². The van der Waals surface area contributed by atoms with Crippen molar-refractivity contribution in [2.75, 3.05) is 0 Å². The van der Waals surface area contributed by atoms with Gasteiger partial charge in [-0.2, -0.15) is 0 Å². The Kier molecular flexibility index (Phi) is 3.52. The third-order valence-corrected chi connectivity index (χ3v) is 0.973. The molecule has 0 aromatic rings. The zero-order valence-corrected chi connectivity index (χ0v) is 7.10. The molecule has 0 rings (SSSR count). The quantitative estimate of drug-likeness (QED) is 0.293. The summed E-state index contributed by atoms with van der Waals surface area (Å²) in [5.74, 6) is 0. The topological polar surface area (TPSA) is 87.6 Å². The average Bonchev–Trinajstić information content (AvgIpc) is 1.30. The van der Waals surface area contributed by atoms with E-state index in [1.165, 1.54) is 0 Å². The Balaban J connectivity index is 3.15. The molecular formula is BiClO5. The summed E-state index contributed by atoms with van der Waals surface area (Å²) in [5.41, 5.74) is 0. The van der Waals surface area contributed by atoms with E-state index in [9.17, 15) is 14.0 Å². The molecule has 5 nitrogen and oxygen atoms in total. The first-order chi connectivity index (χ1) is 3.06. The second-order valence-electron chi connectivity index (χ2n) is 0.515. The maximum absolute atomic E-state index is 9.32. The van der Waals surface area contributed by atoms with Gasteiger partial charge in [0.1, 0.15) is 0 Å². The van der Waals surface area contributed by atoms with Crippen LogP contribution in [0.5, 0.6) is 0 Å². The molecule has 0 atom stereocenters. The molecular weight excluding hydrogens is 324 g/mol. The van der Waals surface area contributed by atoms with Crippen LogP contribution in [-0.4, -0.2) is 25.2 Å². The molecule has 0 unspecified atom stereocenters. The Hall–Kier alpha value is 0.973. The van der Waals surface area contributed by atoms with Crippen LogP contribution in [0.15, 0.2) is 0 Å². The summed E-state index contributed by atoms with van der Waals surface area (Å²) in [6.45, 7) is 0. The fourth-order valence-electron chi connectivity index (χ4n) is 0.0345. The Morgan fingerprint density at radius 3 is 1.71 bits per heavy atom. The second kappa shape index (κ2) is 3.09. The van der Waals surface area contributed by atoms with Gasteiger partial charge in [-0.25, -0.2) is 0 Å². The molecule has 0 fully saturated rings. The molecule has 0 spiro atoms. The molecule has 42 valence electrons. The fraction of sp³-hybridized carbons (Fsp3) is 0. The minimum absolute atomic E-state index is 0.233. The molecule has 0 aromatic heterocycles. The van der Waals surface area contributed by atoms with Gasteiger partial charge in [-0.1, -0.05) is 0 Å². The van der Waals surface area contributed by atoms with Gasteiger partial charge in [-0.3, -0.25) is 0 Å². The van der Waals surface area contributed by atoms with Crippen LogP contribution >= 0.6 is 0 Å². The van der Waals surface area contributed by atoms with Crippen LogP contribution < -0.4 is 14.0 Å². The van der Waals surface area contributed by atoms with E-state index in [1.54, 1.807) is 0 Å². The third kappa shape index (κ3) is 6.97. The van der Waals surface area contributed by atoms with Crippen molar-refractivity contribution in [1.82, 2.24) is 0 Å². The van der Waals surface area contributed by atoms with Gasteiger partial charge in [0.05, 0.1) is 0 Å². The van der Waals surface area contributed by atoms with Gasteiger partial charge in [-0.05, 0) is 0 Å². The second-order valence-corrected chi connectivity index (χ2v) is 1.98. The van der Waals surface area contributed by atoms with E-state index in [-0.39, 0.29) is 25.2 Å². The van der Waals surface area contributed by atoms with Gasteiger partial charge in [0, 0.05) is 0 Å². The van der Waals surface area contributed by atoms with Crippen molar-refractivity contribution in [1.29, 1.82) is 0 Å². The van der Waals surface area contributed by atoms with Crippen LogP contribution in [-0.2, 0) is 7.40 Å². The van der Waals surface area contributed by atoms with Crippen molar-refractivity contribution < 1.29 is 31.6 Å². The average molecular weight is 324 g/mol. The van der Waals surface area contributed by atoms with E-state index < -0.39 is 10.2 Å². The van der Waals surface area contributed by atoms with Gasteiger partial charge >= 0.3 is 56.8 Å². The van der Waals surface area contributed by atoms with E-state index in [1.807, 2.05) is 0 Å². The van der Waals surface area contributed by atoms with Gasteiger partial charge in [-0.15, -0.1) is 0 Å². The zero-order valence-electron chi connectivity index (χ0n) is 2.87.